The molecule has 1 aliphatic rings. The number of nitrogens with zero attached hydrogens (tertiary/aromatic N) is 2. The number of ketones is 1. The highest BCUT2D eigenvalue weighted by molar-refractivity contribution is 5.94. The van der Waals surface area contributed by atoms with Crippen LogP contribution in [-0.2, 0) is 11.3 Å². The molecule has 7 heteroatoms. The van der Waals surface area contributed by atoms with Gasteiger partial charge in [-0.15, -0.1) is 0 Å². The summed E-state index contributed by atoms with van der Waals surface area (Å²) in [6, 6.07) is 6.42. The number of allylic oxidation sites excluding steroid dienone is 1. The summed E-state index contributed by atoms with van der Waals surface area (Å²) in [6.45, 7) is 3.18. The highest BCUT2D eigenvalue weighted by atomic mass is 19.4. The van der Waals surface area contributed by atoms with Crippen LogP contribution in [0.25, 0.3) is 0 Å². The number of hydrogen-bond donors (Lipinski definition) is 0. The van der Waals surface area contributed by atoms with Crippen LogP contribution in [0, 0.1) is 5.82 Å². The van der Waals surface area contributed by atoms with Crippen LogP contribution in [-0.4, -0.2) is 54.6 Å². The lowest BCUT2D eigenvalue weighted by molar-refractivity contribution is -0.926. The number of hydrogen-bond acceptors (Lipinski definition) is 2. The van der Waals surface area contributed by atoms with E-state index in [2.05, 4.69) is 0 Å². The fourth-order valence-electron chi connectivity index (χ4n) is 2.61. The molecule has 0 bridgehead atoms. The maximum atomic E-state index is 13.2. The number of benzene rings is 1. The second-order valence-corrected chi connectivity index (χ2v) is 6.07. The Bertz CT molecular complexity index is 590. The quantitative estimate of drug-likeness (QED) is 0.480. The van der Waals surface area contributed by atoms with E-state index in [9.17, 15) is 22.4 Å². The molecular weight excluding hydrogens is 312 g/mol. The van der Waals surface area contributed by atoms with Gasteiger partial charge in [0.15, 0.2) is 0 Å². The summed E-state index contributed by atoms with van der Waals surface area (Å²) in [4.78, 5) is 12.5. The minimum Gasteiger partial charge on any atom is -0.366 e. The van der Waals surface area contributed by atoms with Gasteiger partial charge in [-0.05, 0) is 12.1 Å². The topological polar surface area (TPSA) is 20.3 Å². The van der Waals surface area contributed by atoms with Crippen LogP contribution in [0.4, 0.5) is 17.6 Å². The zero-order valence-corrected chi connectivity index (χ0v) is 12.8. The van der Waals surface area contributed by atoms with E-state index < -0.39 is 12.0 Å². The molecule has 1 heterocycles. The molecule has 0 radical (unpaired) electrons. The van der Waals surface area contributed by atoms with E-state index in [1.807, 2.05) is 13.1 Å². The normalized spacial score (nSPS) is 18.4. The van der Waals surface area contributed by atoms with E-state index >= 15 is 0 Å². The molecule has 0 spiro atoms. The van der Waals surface area contributed by atoms with Crippen molar-refractivity contribution in [3.63, 3.8) is 0 Å². The summed E-state index contributed by atoms with van der Waals surface area (Å²) in [5.41, 5.74) is 0.892. The first-order chi connectivity index (χ1) is 10.7. The zero-order valence-electron chi connectivity index (χ0n) is 12.8. The van der Waals surface area contributed by atoms with Gasteiger partial charge in [0.2, 0.25) is 0 Å². The van der Waals surface area contributed by atoms with Crippen molar-refractivity contribution < 1.29 is 26.8 Å². The van der Waals surface area contributed by atoms with E-state index in [0.717, 1.165) is 5.56 Å². The standard InChI is InChI=1S/C16H19F4N2O/c1-22(12-13-3-2-4-14(17)11-13)9-7-21(8-10-22)6-5-15(23)16(18,19)20/h2-6,11H,7-10,12H2,1H3/q+1/b6-5+. The molecule has 126 valence electrons. The largest absolute Gasteiger partial charge is 0.454 e. The highest BCUT2D eigenvalue weighted by Crippen LogP contribution is 2.19. The first kappa shape index (κ1) is 17.5. The van der Waals surface area contributed by atoms with Crippen LogP contribution >= 0.6 is 0 Å². The molecule has 0 N–H and O–H groups in total. The van der Waals surface area contributed by atoms with Crippen molar-refractivity contribution in [1.29, 1.82) is 0 Å². The van der Waals surface area contributed by atoms with E-state index in [0.29, 0.717) is 43.3 Å². The van der Waals surface area contributed by atoms with Crippen molar-refractivity contribution in [2.45, 2.75) is 12.7 Å². The number of carbonyl (C=O) groups is 1. The molecule has 3 nitrogen and oxygen atoms in total. The third-order valence-corrected chi connectivity index (χ3v) is 4.02. The Morgan fingerprint density at radius 1 is 1.30 bits per heavy atom. The first-order valence-electron chi connectivity index (χ1n) is 7.29. The molecule has 0 aromatic heterocycles. The van der Waals surface area contributed by atoms with E-state index in [1.165, 1.54) is 18.3 Å². The number of piperazine rings is 1. The Labute approximate surface area is 132 Å². The first-order valence-corrected chi connectivity index (χ1v) is 7.29. The number of rotatable bonds is 4. The Balaban J connectivity index is 1.90. The summed E-state index contributed by atoms with van der Waals surface area (Å²) in [5.74, 6) is -2.12. The smallest absolute Gasteiger partial charge is 0.366 e. The van der Waals surface area contributed by atoms with Crippen LogP contribution < -0.4 is 0 Å². The fourth-order valence-corrected chi connectivity index (χ4v) is 2.61. The summed E-state index contributed by atoms with van der Waals surface area (Å²) < 4.78 is 50.4. The average Bonchev–Trinajstić information content (AvgIpc) is 2.45. The van der Waals surface area contributed by atoms with Crippen LogP contribution in [0.15, 0.2) is 36.5 Å². The van der Waals surface area contributed by atoms with Gasteiger partial charge in [-0.3, -0.25) is 4.79 Å². The number of quaternary nitrogens is 1. The van der Waals surface area contributed by atoms with Gasteiger partial charge in [0.25, 0.3) is 5.78 Å². The van der Waals surface area contributed by atoms with Crippen LogP contribution in [0.5, 0.6) is 0 Å². The van der Waals surface area contributed by atoms with Crippen molar-refractivity contribution in [2.75, 3.05) is 33.2 Å². The third-order valence-electron chi connectivity index (χ3n) is 4.02. The SMILES string of the molecule is C[N+]1(Cc2cccc(F)c2)CCN(/C=C/C(=O)C(F)(F)F)CC1. The van der Waals surface area contributed by atoms with Crippen LogP contribution in [0.2, 0.25) is 0 Å². The molecule has 0 amide bonds. The van der Waals surface area contributed by atoms with Crippen LogP contribution in [0.3, 0.4) is 0 Å². The average molecular weight is 331 g/mol. The Morgan fingerprint density at radius 3 is 2.52 bits per heavy atom. The molecule has 1 aliphatic heterocycles. The van der Waals surface area contributed by atoms with Gasteiger partial charge in [-0.25, -0.2) is 4.39 Å². The van der Waals surface area contributed by atoms with Gasteiger partial charge >= 0.3 is 6.18 Å². The summed E-state index contributed by atoms with van der Waals surface area (Å²) in [5, 5.41) is 0. The van der Waals surface area contributed by atoms with Gasteiger partial charge < -0.3 is 9.38 Å². The Kier molecular flexibility index (Phi) is 5.09. The lowest BCUT2D eigenvalue weighted by Crippen LogP contribution is -2.55. The van der Waals surface area contributed by atoms with Crippen LogP contribution in [0.1, 0.15) is 5.56 Å². The third kappa shape index (κ3) is 5.06. The summed E-state index contributed by atoms with van der Waals surface area (Å²) in [6.07, 6.45) is -3.04. The minimum atomic E-state index is -4.83. The lowest BCUT2D eigenvalue weighted by atomic mass is 10.1. The predicted octanol–water partition coefficient (Wildman–Crippen LogP) is 2.73. The van der Waals surface area contributed by atoms with Crippen molar-refractivity contribution in [1.82, 2.24) is 4.90 Å². The molecule has 1 fully saturated rings. The molecular formula is C16H19F4N2O+. The van der Waals surface area contributed by atoms with Gasteiger partial charge in [-0.2, -0.15) is 13.2 Å². The second-order valence-electron chi connectivity index (χ2n) is 6.07. The number of carbonyl (C=O) groups excluding carboxylic acids is 1. The van der Waals surface area contributed by atoms with Gasteiger partial charge in [-0.1, -0.05) is 12.1 Å². The Morgan fingerprint density at radius 2 is 1.96 bits per heavy atom. The minimum absolute atomic E-state index is 0.277. The zero-order chi connectivity index (χ0) is 17.1. The monoisotopic (exact) mass is 331 g/mol. The maximum absolute atomic E-state index is 13.2. The molecule has 23 heavy (non-hydrogen) atoms. The molecule has 0 unspecified atom stereocenters. The maximum Gasteiger partial charge on any atom is 0.454 e. The van der Waals surface area contributed by atoms with Crippen molar-refractivity contribution in [2.24, 2.45) is 0 Å². The van der Waals surface area contributed by atoms with Crippen molar-refractivity contribution in [3.05, 3.63) is 47.9 Å². The summed E-state index contributed by atoms with van der Waals surface area (Å²) >= 11 is 0. The predicted molar refractivity (Wildman–Crippen MR) is 77.8 cm³/mol. The fraction of sp³-hybridized carbons (Fsp3) is 0.438. The number of likely N-dealkylation sites (N-methyl/N-ethyl adjacent to an activating group) is 1. The summed E-state index contributed by atoms with van der Waals surface area (Å²) in [7, 11) is 2.03. The number of halogens is 4. The molecule has 1 saturated heterocycles. The molecule has 1 aromatic rings. The molecule has 2 rings (SSSR count). The van der Waals surface area contributed by atoms with Crippen molar-refractivity contribution >= 4 is 5.78 Å². The number of alkyl halides is 3. The van der Waals surface area contributed by atoms with Gasteiger partial charge in [0.1, 0.15) is 12.4 Å². The van der Waals surface area contributed by atoms with E-state index in [-0.39, 0.29) is 5.82 Å². The van der Waals surface area contributed by atoms with E-state index in [1.54, 1.807) is 11.0 Å². The molecule has 0 atom stereocenters. The molecule has 0 saturated carbocycles. The van der Waals surface area contributed by atoms with Gasteiger partial charge in [0.05, 0.1) is 33.2 Å². The highest BCUT2D eigenvalue weighted by Gasteiger charge is 2.36. The molecule has 0 aliphatic carbocycles. The second kappa shape index (κ2) is 6.70. The van der Waals surface area contributed by atoms with Gasteiger partial charge in [0, 0.05) is 17.8 Å². The lowest BCUT2D eigenvalue weighted by Gasteiger charge is -2.41. The van der Waals surface area contributed by atoms with Crippen molar-refractivity contribution in [3.8, 4) is 0 Å². The Hall–Kier alpha value is -1.89. The molecule has 1 aromatic carbocycles. The van der Waals surface area contributed by atoms with E-state index in [4.69, 9.17) is 0 Å².